The molecule has 0 spiro atoms. The van der Waals surface area contributed by atoms with Crippen LogP contribution in [0.4, 0.5) is 0 Å². The molecule has 0 saturated carbocycles. The zero-order valence-corrected chi connectivity index (χ0v) is 16.3. The monoisotopic (exact) mass is 447 g/mol. The van der Waals surface area contributed by atoms with Crippen LogP contribution in [0.3, 0.4) is 0 Å². The van der Waals surface area contributed by atoms with Gasteiger partial charge in [-0.05, 0) is 12.8 Å². The minimum Gasteiger partial charge on any atom is -0.481 e. The van der Waals surface area contributed by atoms with Crippen molar-refractivity contribution in [2.45, 2.75) is 50.2 Å². The lowest BCUT2D eigenvalue weighted by Gasteiger charge is -2.23. The zero-order chi connectivity index (χ0) is 24.1. The van der Waals surface area contributed by atoms with Crippen LogP contribution in [-0.4, -0.2) is 81.5 Å². The van der Waals surface area contributed by atoms with Crippen LogP contribution in [0.2, 0.25) is 0 Å². The second-order valence-electron chi connectivity index (χ2n) is 6.38. The Morgan fingerprint density at radius 1 is 0.710 bits per heavy atom. The van der Waals surface area contributed by atoms with Crippen molar-refractivity contribution in [3.8, 4) is 0 Å². The summed E-state index contributed by atoms with van der Waals surface area (Å²) in [5, 5.41) is 32.4. The van der Waals surface area contributed by atoms with Gasteiger partial charge in [-0.3, -0.25) is 33.6 Å². The molecule has 174 valence electrons. The normalized spacial score (nSPS) is 13.2. The number of carbonyl (C=O) groups excluding carboxylic acids is 4. The number of aliphatic carboxylic acids is 3. The van der Waals surface area contributed by atoms with Gasteiger partial charge in [0.1, 0.15) is 18.6 Å². The Bertz CT molecular complexity index is 726. The van der Waals surface area contributed by atoms with Gasteiger partial charge in [0.05, 0.1) is 12.5 Å². The van der Waals surface area contributed by atoms with E-state index in [-0.39, 0.29) is 12.8 Å². The molecule has 15 heteroatoms. The molecule has 15 nitrogen and oxygen atoms in total. The van der Waals surface area contributed by atoms with Crippen LogP contribution in [0.25, 0.3) is 0 Å². The fourth-order valence-corrected chi connectivity index (χ4v) is 2.21. The summed E-state index contributed by atoms with van der Waals surface area (Å²) in [7, 11) is 0. The number of hydrogen-bond donors (Lipinski definition) is 8. The Kier molecular flexibility index (Phi) is 11.8. The summed E-state index contributed by atoms with van der Waals surface area (Å²) >= 11 is 0. The first-order valence-corrected chi connectivity index (χ1v) is 8.91. The van der Waals surface area contributed by atoms with Gasteiger partial charge < -0.3 is 42.7 Å². The van der Waals surface area contributed by atoms with Crippen molar-refractivity contribution >= 4 is 41.5 Å². The molecule has 31 heavy (non-hydrogen) atoms. The van der Waals surface area contributed by atoms with Gasteiger partial charge in [-0.25, -0.2) is 0 Å². The van der Waals surface area contributed by atoms with Crippen LogP contribution in [0.15, 0.2) is 0 Å². The van der Waals surface area contributed by atoms with E-state index in [0.717, 1.165) is 0 Å². The average molecular weight is 447 g/mol. The van der Waals surface area contributed by atoms with E-state index in [1.165, 1.54) is 0 Å². The Labute approximate surface area is 175 Å². The number of primary amides is 1. The van der Waals surface area contributed by atoms with E-state index in [1.807, 2.05) is 5.32 Å². The summed E-state index contributed by atoms with van der Waals surface area (Å²) in [6.45, 7) is -0.788. The highest BCUT2D eigenvalue weighted by Crippen LogP contribution is 2.04. The van der Waals surface area contributed by atoms with Gasteiger partial charge in [0.15, 0.2) is 0 Å². The summed E-state index contributed by atoms with van der Waals surface area (Å²) in [4.78, 5) is 79.8. The van der Waals surface area contributed by atoms with Crippen LogP contribution in [0.1, 0.15) is 32.1 Å². The first-order chi connectivity index (χ1) is 14.3. The van der Waals surface area contributed by atoms with Crippen LogP contribution in [0, 0.1) is 0 Å². The average Bonchev–Trinajstić information content (AvgIpc) is 2.64. The number of amides is 4. The number of carbonyl (C=O) groups is 7. The second-order valence-corrected chi connectivity index (χ2v) is 6.38. The molecule has 10 N–H and O–H groups in total. The van der Waals surface area contributed by atoms with Crippen LogP contribution < -0.4 is 27.4 Å². The molecule has 3 atom stereocenters. The fourth-order valence-electron chi connectivity index (χ4n) is 2.21. The Hall–Kier alpha value is -3.75. The van der Waals surface area contributed by atoms with Crippen LogP contribution in [0.5, 0.6) is 0 Å². The van der Waals surface area contributed by atoms with Gasteiger partial charge in [0.25, 0.3) is 0 Å². The maximum atomic E-state index is 12.6. The van der Waals surface area contributed by atoms with Gasteiger partial charge >= 0.3 is 17.9 Å². The third-order valence-electron chi connectivity index (χ3n) is 3.74. The smallest absolute Gasteiger partial charge is 0.322 e. The summed E-state index contributed by atoms with van der Waals surface area (Å²) in [6, 6.07) is -4.44. The van der Waals surface area contributed by atoms with E-state index in [0.29, 0.717) is 0 Å². The third kappa shape index (κ3) is 12.4. The molecule has 0 aliphatic heterocycles. The van der Waals surface area contributed by atoms with Gasteiger partial charge in [-0.2, -0.15) is 0 Å². The lowest BCUT2D eigenvalue weighted by atomic mass is 10.1. The highest BCUT2D eigenvalue weighted by Gasteiger charge is 2.29. The molecule has 0 heterocycles. The maximum Gasteiger partial charge on any atom is 0.322 e. The van der Waals surface area contributed by atoms with E-state index in [1.54, 1.807) is 0 Å². The molecular weight excluding hydrogens is 422 g/mol. The van der Waals surface area contributed by atoms with Gasteiger partial charge in [-0.1, -0.05) is 0 Å². The predicted octanol–water partition coefficient (Wildman–Crippen LogP) is -3.91. The molecule has 4 amide bonds. The van der Waals surface area contributed by atoms with Gasteiger partial charge in [0, 0.05) is 12.8 Å². The highest BCUT2D eigenvalue weighted by molar-refractivity contribution is 5.94. The SMILES string of the molecule is NC(=O)CCC(NC(=O)C(N)CC(=O)O)C(=O)NC(CCC(=O)O)C(=O)NCC(=O)O. The fraction of sp³-hybridized carbons (Fsp3) is 0.562. The quantitative estimate of drug-likeness (QED) is 0.120. The van der Waals surface area contributed by atoms with Crippen molar-refractivity contribution in [1.82, 2.24) is 16.0 Å². The molecule has 0 aliphatic rings. The second kappa shape index (κ2) is 13.5. The minimum atomic E-state index is -1.51. The van der Waals surface area contributed by atoms with E-state index in [4.69, 9.17) is 26.8 Å². The standard InChI is InChI=1S/C16H25N5O10/c17-7(5-12(25)26)14(29)20-9(1-3-10(18)22)16(31)21-8(2-4-11(23)24)15(30)19-6-13(27)28/h7-9H,1-6,17H2,(H2,18,22)(H,19,30)(H,20,29)(H,21,31)(H,23,24)(H,25,26)(H,27,28). The molecule has 0 aromatic carbocycles. The lowest BCUT2D eigenvalue weighted by Crippen LogP contribution is -2.56. The number of hydrogen-bond acceptors (Lipinski definition) is 8. The first kappa shape index (κ1) is 27.2. The molecule has 0 fully saturated rings. The number of rotatable bonds is 15. The summed E-state index contributed by atoms with van der Waals surface area (Å²) < 4.78 is 0. The Morgan fingerprint density at radius 2 is 1.23 bits per heavy atom. The lowest BCUT2D eigenvalue weighted by molar-refractivity contribution is -0.140. The molecule has 0 saturated heterocycles. The van der Waals surface area contributed by atoms with Crippen molar-refractivity contribution in [2.75, 3.05) is 6.54 Å². The molecule has 3 unspecified atom stereocenters. The number of nitrogens with one attached hydrogen (secondary N) is 3. The van der Waals surface area contributed by atoms with E-state index in [2.05, 4.69) is 10.6 Å². The molecule has 0 aromatic rings. The molecular formula is C16H25N5O10. The van der Waals surface area contributed by atoms with Crippen molar-refractivity contribution in [2.24, 2.45) is 11.5 Å². The molecule has 0 aliphatic carbocycles. The van der Waals surface area contributed by atoms with E-state index in [9.17, 15) is 33.6 Å². The highest BCUT2D eigenvalue weighted by atomic mass is 16.4. The Balaban J connectivity index is 5.37. The van der Waals surface area contributed by atoms with E-state index >= 15 is 0 Å². The van der Waals surface area contributed by atoms with Crippen molar-refractivity contribution in [3.63, 3.8) is 0 Å². The molecule has 0 aromatic heterocycles. The molecule has 0 radical (unpaired) electrons. The number of carboxylic acids is 3. The summed E-state index contributed by atoms with van der Waals surface area (Å²) in [6.07, 6.45) is -2.38. The Morgan fingerprint density at radius 3 is 1.71 bits per heavy atom. The molecule has 0 bridgehead atoms. The largest absolute Gasteiger partial charge is 0.481 e. The first-order valence-electron chi connectivity index (χ1n) is 8.91. The van der Waals surface area contributed by atoms with Crippen LogP contribution >= 0.6 is 0 Å². The minimum absolute atomic E-state index is 0.324. The number of nitrogens with two attached hydrogens (primary N) is 2. The van der Waals surface area contributed by atoms with E-state index < -0.39 is 85.5 Å². The van der Waals surface area contributed by atoms with Crippen molar-refractivity contribution in [3.05, 3.63) is 0 Å². The number of carboxylic acid groups (broad SMARTS) is 3. The third-order valence-corrected chi connectivity index (χ3v) is 3.74. The maximum absolute atomic E-state index is 12.6. The van der Waals surface area contributed by atoms with Gasteiger partial charge in [-0.15, -0.1) is 0 Å². The topological polar surface area (TPSA) is 268 Å². The van der Waals surface area contributed by atoms with Crippen molar-refractivity contribution in [1.29, 1.82) is 0 Å². The van der Waals surface area contributed by atoms with Crippen molar-refractivity contribution < 1.29 is 48.9 Å². The summed E-state index contributed by atoms with van der Waals surface area (Å²) in [5.41, 5.74) is 10.4. The summed E-state index contributed by atoms with van der Waals surface area (Å²) in [5.74, 6) is -7.88. The zero-order valence-electron chi connectivity index (χ0n) is 16.3. The van der Waals surface area contributed by atoms with Crippen LogP contribution in [-0.2, 0) is 33.6 Å². The molecule has 0 rings (SSSR count). The predicted molar refractivity (Wildman–Crippen MR) is 100 cm³/mol. The van der Waals surface area contributed by atoms with Gasteiger partial charge in [0.2, 0.25) is 23.6 Å².